The number of sulfonamides is 1. The Kier molecular flexibility index (Phi) is 5.83. The average Bonchev–Trinajstić information content (AvgIpc) is 2.74. The molecule has 0 radical (unpaired) electrons. The molecule has 31 heavy (non-hydrogen) atoms. The van der Waals surface area contributed by atoms with Crippen molar-refractivity contribution in [3.8, 4) is 11.5 Å². The minimum Gasteiger partial charge on any atom is -0.486 e. The highest BCUT2D eigenvalue weighted by Crippen LogP contribution is 2.34. The van der Waals surface area contributed by atoms with Crippen LogP contribution in [-0.4, -0.2) is 48.8 Å². The Balaban J connectivity index is 1.44. The summed E-state index contributed by atoms with van der Waals surface area (Å²) in [5, 5.41) is 4.54. The highest BCUT2D eigenvalue weighted by Gasteiger charge is 2.31. The molecule has 0 spiro atoms. The van der Waals surface area contributed by atoms with Crippen LogP contribution in [0, 0.1) is 5.92 Å². The van der Waals surface area contributed by atoms with Crippen LogP contribution in [0.5, 0.6) is 11.5 Å². The van der Waals surface area contributed by atoms with E-state index in [0.29, 0.717) is 57.2 Å². The van der Waals surface area contributed by atoms with E-state index in [-0.39, 0.29) is 21.8 Å². The lowest BCUT2D eigenvalue weighted by Gasteiger charge is -2.31. The highest BCUT2D eigenvalue weighted by atomic mass is 32.2. The minimum absolute atomic E-state index is 0.126. The van der Waals surface area contributed by atoms with Crippen molar-refractivity contribution in [2.24, 2.45) is 5.92 Å². The summed E-state index contributed by atoms with van der Waals surface area (Å²) in [6.45, 7) is 8.38. The first-order valence-electron chi connectivity index (χ1n) is 10.6. The molecule has 2 aliphatic rings. The lowest BCUT2D eigenvalue weighted by molar-refractivity contribution is 0.171. The van der Waals surface area contributed by atoms with Gasteiger partial charge < -0.3 is 9.47 Å². The van der Waals surface area contributed by atoms with Crippen LogP contribution in [0.15, 0.2) is 40.0 Å². The molecule has 0 atom stereocenters. The summed E-state index contributed by atoms with van der Waals surface area (Å²) in [5.41, 5.74) is 0.598. The number of fused-ring (bicyclic) bond motifs is 1. The van der Waals surface area contributed by atoms with Crippen molar-refractivity contribution in [3.63, 3.8) is 0 Å². The number of piperidine rings is 1. The fraction of sp³-hybridized carbons (Fsp3) is 0.545. The average molecular weight is 448 g/mol. The predicted octanol–water partition coefficient (Wildman–Crippen LogP) is 2.41. The predicted molar refractivity (Wildman–Crippen MR) is 116 cm³/mol. The van der Waals surface area contributed by atoms with Crippen LogP contribution >= 0.6 is 0 Å². The molecule has 2 aromatic rings. The van der Waals surface area contributed by atoms with Gasteiger partial charge in [0, 0.05) is 37.2 Å². The molecule has 2 aliphatic heterocycles. The second-order valence-corrected chi connectivity index (χ2v) is 11.1. The Bertz CT molecular complexity index is 1110. The van der Waals surface area contributed by atoms with Crippen molar-refractivity contribution in [1.82, 2.24) is 14.1 Å². The quantitative estimate of drug-likeness (QED) is 0.715. The maximum Gasteiger partial charge on any atom is 0.266 e. The molecule has 1 saturated heterocycles. The van der Waals surface area contributed by atoms with E-state index < -0.39 is 10.0 Å². The van der Waals surface area contributed by atoms with Crippen LogP contribution in [0.4, 0.5) is 0 Å². The molecule has 8 nitrogen and oxygen atoms in total. The van der Waals surface area contributed by atoms with E-state index in [0.717, 1.165) is 5.69 Å². The number of ether oxygens (including phenoxy) is 2. The zero-order chi connectivity index (χ0) is 22.2. The monoisotopic (exact) mass is 447 g/mol. The topological polar surface area (TPSA) is 90.7 Å². The van der Waals surface area contributed by atoms with E-state index in [9.17, 15) is 13.2 Å². The first-order chi connectivity index (χ1) is 14.6. The molecule has 0 aliphatic carbocycles. The van der Waals surface area contributed by atoms with Gasteiger partial charge in [-0.3, -0.25) is 4.79 Å². The van der Waals surface area contributed by atoms with Gasteiger partial charge in [-0.05, 0) is 37.0 Å². The Morgan fingerprint density at radius 3 is 2.39 bits per heavy atom. The third-order valence-corrected chi connectivity index (χ3v) is 7.69. The molecule has 0 amide bonds. The van der Waals surface area contributed by atoms with Crippen LogP contribution < -0.4 is 15.0 Å². The molecule has 9 heteroatoms. The van der Waals surface area contributed by atoms with Crippen LogP contribution in [-0.2, 0) is 22.0 Å². The van der Waals surface area contributed by atoms with Gasteiger partial charge in [-0.1, -0.05) is 20.8 Å². The second kappa shape index (κ2) is 8.27. The van der Waals surface area contributed by atoms with Gasteiger partial charge in [-0.15, -0.1) is 0 Å². The van der Waals surface area contributed by atoms with Crippen LogP contribution in [0.1, 0.15) is 39.3 Å². The van der Waals surface area contributed by atoms with E-state index in [1.165, 1.54) is 15.1 Å². The van der Waals surface area contributed by atoms with Gasteiger partial charge in [-0.25, -0.2) is 13.1 Å². The van der Waals surface area contributed by atoms with Crippen molar-refractivity contribution >= 4 is 10.0 Å². The number of hydrogen-bond donors (Lipinski definition) is 0. The zero-order valence-electron chi connectivity index (χ0n) is 18.2. The second-order valence-electron chi connectivity index (χ2n) is 9.14. The number of rotatable bonds is 4. The molecule has 1 aromatic carbocycles. The highest BCUT2D eigenvalue weighted by molar-refractivity contribution is 7.89. The molecule has 168 valence electrons. The Morgan fingerprint density at radius 1 is 1.03 bits per heavy atom. The molecule has 3 heterocycles. The van der Waals surface area contributed by atoms with Crippen LogP contribution in [0.25, 0.3) is 0 Å². The van der Waals surface area contributed by atoms with Gasteiger partial charge in [-0.2, -0.15) is 9.40 Å². The van der Waals surface area contributed by atoms with E-state index >= 15 is 0 Å². The van der Waals surface area contributed by atoms with Crippen molar-refractivity contribution in [2.75, 3.05) is 26.3 Å². The molecular formula is C22H29N3O5S. The largest absolute Gasteiger partial charge is 0.486 e. The van der Waals surface area contributed by atoms with Gasteiger partial charge in [0.1, 0.15) is 13.2 Å². The van der Waals surface area contributed by atoms with Crippen LogP contribution in [0.2, 0.25) is 0 Å². The summed E-state index contributed by atoms with van der Waals surface area (Å²) in [6, 6.07) is 8.10. The summed E-state index contributed by atoms with van der Waals surface area (Å²) in [4.78, 5) is 12.5. The number of benzene rings is 1. The first kappa shape index (κ1) is 21.8. The molecule has 0 unspecified atom stereocenters. The Morgan fingerprint density at radius 2 is 1.71 bits per heavy atom. The minimum atomic E-state index is -3.61. The van der Waals surface area contributed by atoms with E-state index in [1.54, 1.807) is 24.3 Å². The maximum absolute atomic E-state index is 13.1. The standard InChI is InChI=1S/C22H29N3O5S/c1-22(2,3)20-6-7-21(26)25(23-20)15-16-8-10-24(11-9-16)31(27,28)17-4-5-18-19(14-17)30-13-12-29-18/h4-7,14,16H,8-13,15H2,1-3H3. The van der Waals surface area contributed by atoms with E-state index in [4.69, 9.17) is 9.47 Å². The lowest BCUT2D eigenvalue weighted by atomic mass is 9.92. The fourth-order valence-corrected chi connectivity index (χ4v) is 5.38. The van der Waals surface area contributed by atoms with Crippen molar-refractivity contribution in [1.29, 1.82) is 0 Å². The normalized spacial score (nSPS) is 18.2. The molecule has 1 aromatic heterocycles. The molecule has 0 saturated carbocycles. The summed E-state index contributed by atoms with van der Waals surface area (Å²) >= 11 is 0. The van der Waals surface area contributed by atoms with Crippen molar-refractivity contribution in [3.05, 3.63) is 46.4 Å². The maximum atomic E-state index is 13.1. The van der Waals surface area contributed by atoms with Gasteiger partial charge >= 0.3 is 0 Å². The SMILES string of the molecule is CC(C)(C)c1ccc(=O)n(CC2CCN(S(=O)(=O)c3ccc4c(c3)OCCO4)CC2)n1. The van der Waals surface area contributed by atoms with Gasteiger partial charge in [0.25, 0.3) is 5.56 Å². The summed E-state index contributed by atoms with van der Waals surface area (Å²) in [6.07, 6.45) is 1.36. The van der Waals surface area contributed by atoms with E-state index in [1.807, 2.05) is 0 Å². The lowest BCUT2D eigenvalue weighted by Crippen LogP contribution is -2.40. The summed E-state index contributed by atoms with van der Waals surface area (Å²) in [7, 11) is -3.61. The molecule has 4 rings (SSSR count). The molecule has 0 bridgehead atoms. The van der Waals surface area contributed by atoms with Crippen molar-refractivity contribution < 1.29 is 17.9 Å². The summed E-state index contributed by atoms with van der Waals surface area (Å²) < 4.78 is 40.3. The number of aromatic nitrogens is 2. The van der Waals surface area contributed by atoms with Crippen LogP contribution in [0.3, 0.4) is 0 Å². The number of hydrogen-bond acceptors (Lipinski definition) is 6. The first-order valence-corrected chi connectivity index (χ1v) is 12.1. The molecular weight excluding hydrogens is 418 g/mol. The molecule has 0 N–H and O–H groups in total. The Hall–Kier alpha value is -2.39. The molecule has 1 fully saturated rings. The fourth-order valence-electron chi connectivity index (χ4n) is 3.89. The third-order valence-electron chi connectivity index (χ3n) is 5.79. The van der Waals surface area contributed by atoms with E-state index in [2.05, 4.69) is 25.9 Å². The van der Waals surface area contributed by atoms with Gasteiger partial charge in [0.15, 0.2) is 11.5 Å². The summed E-state index contributed by atoms with van der Waals surface area (Å²) in [5.74, 6) is 1.23. The smallest absolute Gasteiger partial charge is 0.266 e. The van der Waals surface area contributed by atoms with Gasteiger partial charge in [0.2, 0.25) is 10.0 Å². The number of nitrogens with zero attached hydrogens (tertiary/aromatic N) is 3. The Labute approximate surface area is 182 Å². The van der Waals surface area contributed by atoms with Gasteiger partial charge in [0.05, 0.1) is 10.6 Å². The zero-order valence-corrected chi connectivity index (χ0v) is 19.0. The van der Waals surface area contributed by atoms with Crippen molar-refractivity contribution in [2.45, 2.75) is 50.5 Å². The third kappa shape index (κ3) is 4.62.